The molecule has 1 aromatic heterocycles. The van der Waals surface area contributed by atoms with Crippen LogP contribution in [0.1, 0.15) is 29.4 Å². The summed E-state index contributed by atoms with van der Waals surface area (Å²) in [6, 6.07) is -0.348. The first kappa shape index (κ1) is 12.2. The lowest BCUT2D eigenvalue weighted by molar-refractivity contribution is -0.137. The van der Waals surface area contributed by atoms with E-state index in [1.165, 1.54) is 11.1 Å². The van der Waals surface area contributed by atoms with E-state index >= 15 is 0 Å². The summed E-state index contributed by atoms with van der Waals surface area (Å²) in [5.74, 6) is -1.14. The van der Waals surface area contributed by atoms with Gasteiger partial charge >= 0.3 is 5.97 Å². The van der Waals surface area contributed by atoms with Crippen LogP contribution in [0.2, 0.25) is 0 Å². The molecule has 1 rings (SSSR count). The number of carbonyl (C=O) groups excluding carboxylic acids is 1. The number of carboxylic acids is 1. The molecule has 16 heavy (non-hydrogen) atoms. The van der Waals surface area contributed by atoms with E-state index < -0.39 is 5.97 Å². The number of carbonyl (C=O) groups is 2. The Labute approximate surface area is 93.3 Å². The number of aromatic amines is 1. The summed E-state index contributed by atoms with van der Waals surface area (Å²) in [7, 11) is 1.59. The van der Waals surface area contributed by atoms with Crippen LogP contribution >= 0.6 is 0 Å². The lowest BCUT2D eigenvalue weighted by atomic mass is 10.1. The number of rotatable bonds is 4. The molecule has 0 aromatic carbocycles. The number of aryl methyl sites for hydroxylation is 1. The molecular weight excluding hydrogens is 210 g/mol. The van der Waals surface area contributed by atoms with Gasteiger partial charge in [-0.05, 0) is 13.8 Å². The van der Waals surface area contributed by atoms with Gasteiger partial charge in [0.15, 0.2) is 0 Å². The van der Waals surface area contributed by atoms with E-state index in [0.29, 0.717) is 11.3 Å². The van der Waals surface area contributed by atoms with Gasteiger partial charge in [0.2, 0.25) is 0 Å². The molecule has 0 aliphatic rings. The van der Waals surface area contributed by atoms with Crippen molar-refractivity contribution in [3.8, 4) is 0 Å². The second-order valence-electron chi connectivity index (χ2n) is 3.77. The Kier molecular flexibility index (Phi) is 3.65. The molecule has 1 amide bonds. The molecule has 0 bridgehead atoms. The van der Waals surface area contributed by atoms with Gasteiger partial charge in [0.25, 0.3) is 5.91 Å². The first-order chi connectivity index (χ1) is 7.43. The van der Waals surface area contributed by atoms with E-state index in [0.717, 1.165) is 0 Å². The second kappa shape index (κ2) is 4.78. The minimum Gasteiger partial charge on any atom is -0.481 e. The van der Waals surface area contributed by atoms with Crippen LogP contribution < -0.4 is 0 Å². The van der Waals surface area contributed by atoms with Crippen molar-refractivity contribution in [3.05, 3.63) is 17.5 Å². The molecule has 6 nitrogen and oxygen atoms in total. The van der Waals surface area contributed by atoms with Crippen LogP contribution in [0.5, 0.6) is 0 Å². The topological polar surface area (TPSA) is 86.3 Å². The molecule has 1 aromatic rings. The Morgan fingerprint density at radius 3 is 2.69 bits per heavy atom. The lowest BCUT2D eigenvalue weighted by Crippen LogP contribution is -2.36. The molecule has 0 fully saturated rings. The summed E-state index contributed by atoms with van der Waals surface area (Å²) in [5, 5.41) is 15.1. The fraction of sp³-hybridized carbons (Fsp3) is 0.500. The van der Waals surface area contributed by atoms with Crippen LogP contribution in [0.3, 0.4) is 0 Å². The number of aliphatic carboxylic acids is 1. The van der Waals surface area contributed by atoms with Crippen LogP contribution in [-0.2, 0) is 4.79 Å². The average molecular weight is 225 g/mol. The zero-order chi connectivity index (χ0) is 12.3. The molecule has 88 valence electrons. The van der Waals surface area contributed by atoms with Crippen LogP contribution in [0.25, 0.3) is 0 Å². The van der Waals surface area contributed by atoms with E-state index in [1.54, 1.807) is 20.9 Å². The molecule has 1 heterocycles. The third-order valence-electron chi connectivity index (χ3n) is 2.51. The smallest absolute Gasteiger partial charge is 0.305 e. The van der Waals surface area contributed by atoms with Gasteiger partial charge in [-0.2, -0.15) is 5.10 Å². The molecule has 0 radical (unpaired) electrons. The molecule has 2 N–H and O–H groups in total. The number of aromatic nitrogens is 2. The van der Waals surface area contributed by atoms with Crippen molar-refractivity contribution in [2.45, 2.75) is 26.3 Å². The van der Waals surface area contributed by atoms with E-state index in [1.807, 2.05) is 0 Å². The Morgan fingerprint density at radius 1 is 1.62 bits per heavy atom. The average Bonchev–Trinajstić information content (AvgIpc) is 2.61. The number of hydrogen-bond donors (Lipinski definition) is 2. The van der Waals surface area contributed by atoms with Crippen molar-refractivity contribution >= 4 is 11.9 Å². The monoisotopic (exact) mass is 225 g/mol. The fourth-order valence-corrected chi connectivity index (χ4v) is 1.35. The summed E-state index contributed by atoms with van der Waals surface area (Å²) in [4.78, 5) is 23.9. The molecule has 6 heteroatoms. The standard InChI is InChI=1S/C10H15N3O3/c1-6(4-9(14)15)13(3)10(16)8-5-11-12-7(8)2/h5-6H,4H2,1-3H3,(H,11,12)(H,14,15). The van der Waals surface area contributed by atoms with Crippen molar-refractivity contribution in [1.29, 1.82) is 0 Å². The molecule has 0 saturated heterocycles. The Bertz CT molecular complexity index is 400. The number of nitrogens with one attached hydrogen (secondary N) is 1. The van der Waals surface area contributed by atoms with Crippen LogP contribution in [-0.4, -0.2) is 45.2 Å². The number of hydrogen-bond acceptors (Lipinski definition) is 3. The molecule has 0 aliphatic carbocycles. The summed E-state index contributed by atoms with van der Waals surface area (Å²) < 4.78 is 0. The summed E-state index contributed by atoms with van der Waals surface area (Å²) in [5.41, 5.74) is 1.15. The van der Waals surface area contributed by atoms with Crippen LogP contribution in [0, 0.1) is 6.92 Å². The fourth-order valence-electron chi connectivity index (χ4n) is 1.35. The Hall–Kier alpha value is -1.85. The van der Waals surface area contributed by atoms with Crippen LogP contribution in [0.15, 0.2) is 6.20 Å². The number of carboxylic acid groups (broad SMARTS) is 1. The van der Waals surface area contributed by atoms with Crippen LogP contribution in [0.4, 0.5) is 0 Å². The van der Waals surface area contributed by atoms with Gasteiger partial charge in [-0.1, -0.05) is 0 Å². The van der Waals surface area contributed by atoms with Crippen molar-refractivity contribution in [2.24, 2.45) is 0 Å². The maximum Gasteiger partial charge on any atom is 0.305 e. The van der Waals surface area contributed by atoms with Gasteiger partial charge in [-0.15, -0.1) is 0 Å². The van der Waals surface area contributed by atoms with E-state index in [-0.39, 0.29) is 18.4 Å². The first-order valence-corrected chi connectivity index (χ1v) is 4.92. The predicted molar refractivity (Wildman–Crippen MR) is 57.1 cm³/mol. The lowest BCUT2D eigenvalue weighted by Gasteiger charge is -2.23. The van der Waals surface area contributed by atoms with Gasteiger partial charge in [-0.25, -0.2) is 0 Å². The number of amides is 1. The zero-order valence-electron chi connectivity index (χ0n) is 9.52. The van der Waals surface area contributed by atoms with E-state index in [4.69, 9.17) is 5.11 Å². The van der Waals surface area contributed by atoms with E-state index in [2.05, 4.69) is 10.2 Å². The van der Waals surface area contributed by atoms with Gasteiger partial charge in [-0.3, -0.25) is 14.7 Å². The van der Waals surface area contributed by atoms with Gasteiger partial charge < -0.3 is 10.0 Å². The zero-order valence-corrected chi connectivity index (χ0v) is 9.52. The third kappa shape index (κ3) is 2.59. The molecule has 0 spiro atoms. The third-order valence-corrected chi connectivity index (χ3v) is 2.51. The highest BCUT2D eigenvalue weighted by Crippen LogP contribution is 2.10. The predicted octanol–water partition coefficient (Wildman–Crippen LogP) is 0.653. The molecule has 0 saturated carbocycles. The summed E-state index contributed by atoms with van der Waals surface area (Å²) in [6.45, 7) is 3.44. The first-order valence-electron chi connectivity index (χ1n) is 4.92. The minimum atomic E-state index is -0.920. The number of nitrogens with zero attached hydrogens (tertiary/aromatic N) is 2. The molecule has 1 atom stereocenters. The Morgan fingerprint density at radius 2 is 2.25 bits per heavy atom. The van der Waals surface area contributed by atoms with Crippen molar-refractivity contribution in [1.82, 2.24) is 15.1 Å². The maximum absolute atomic E-state index is 11.9. The van der Waals surface area contributed by atoms with Gasteiger partial charge in [0.05, 0.1) is 18.2 Å². The van der Waals surface area contributed by atoms with Crippen molar-refractivity contribution < 1.29 is 14.7 Å². The SMILES string of the molecule is Cc1[nH]ncc1C(=O)N(C)C(C)CC(=O)O. The summed E-state index contributed by atoms with van der Waals surface area (Å²) >= 11 is 0. The van der Waals surface area contributed by atoms with Gasteiger partial charge in [0, 0.05) is 18.8 Å². The van der Waals surface area contributed by atoms with Crippen molar-refractivity contribution in [2.75, 3.05) is 7.05 Å². The minimum absolute atomic E-state index is 0.0703. The highest BCUT2D eigenvalue weighted by atomic mass is 16.4. The summed E-state index contributed by atoms with van der Waals surface area (Å²) in [6.07, 6.45) is 1.38. The normalized spacial score (nSPS) is 12.2. The molecule has 1 unspecified atom stereocenters. The molecule has 0 aliphatic heterocycles. The quantitative estimate of drug-likeness (QED) is 0.787. The van der Waals surface area contributed by atoms with Gasteiger partial charge in [0.1, 0.15) is 0 Å². The van der Waals surface area contributed by atoms with Crippen molar-refractivity contribution in [3.63, 3.8) is 0 Å². The second-order valence-corrected chi connectivity index (χ2v) is 3.77. The number of H-pyrrole nitrogens is 1. The Balaban J connectivity index is 2.75. The highest BCUT2D eigenvalue weighted by molar-refractivity contribution is 5.95. The maximum atomic E-state index is 11.9. The van der Waals surface area contributed by atoms with E-state index in [9.17, 15) is 9.59 Å². The largest absolute Gasteiger partial charge is 0.481 e. The molecular formula is C10H15N3O3. The highest BCUT2D eigenvalue weighted by Gasteiger charge is 2.21.